The molecule has 3 aromatic rings. The number of nitrogens with zero attached hydrogens (tertiary/aromatic N) is 4. The number of benzene rings is 2. The lowest BCUT2D eigenvalue weighted by Gasteiger charge is -2.09. The van der Waals surface area contributed by atoms with Crippen molar-refractivity contribution < 1.29 is 18.1 Å². The van der Waals surface area contributed by atoms with E-state index >= 15 is 0 Å². The van der Waals surface area contributed by atoms with E-state index in [1.807, 2.05) is 0 Å². The number of hydrogen-bond donors (Lipinski definition) is 1. The van der Waals surface area contributed by atoms with E-state index in [0.717, 1.165) is 16.8 Å². The van der Waals surface area contributed by atoms with Crippen molar-refractivity contribution in [3.05, 3.63) is 62.1 Å². The van der Waals surface area contributed by atoms with Gasteiger partial charge in [0.25, 0.3) is 5.69 Å². The summed E-state index contributed by atoms with van der Waals surface area (Å²) in [5.41, 5.74) is -1.45. The van der Waals surface area contributed by atoms with Crippen LogP contribution in [-0.2, 0) is 6.18 Å². The maximum Gasteiger partial charge on any atom is 0.416 e. The summed E-state index contributed by atoms with van der Waals surface area (Å²) >= 11 is 12.6. The predicted octanol–water partition coefficient (Wildman–Crippen LogP) is 5.04. The highest BCUT2D eigenvalue weighted by molar-refractivity contribution is 7.99. The van der Waals surface area contributed by atoms with Gasteiger partial charge < -0.3 is 5.84 Å². The number of nitro benzene ring substituents is 1. The van der Waals surface area contributed by atoms with Crippen molar-refractivity contribution in [3.63, 3.8) is 0 Å². The molecule has 7 nitrogen and oxygen atoms in total. The van der Waals surface area contributed by atoms with E-state index < -0.39 is 22.4 Å². The molecule has 0 atom stereocenters. The normalized spacial score (nSPS) is 11.6. The third-order valence-corrected chi connectivity index (χ3v) is 5.09. The summed E-state index contributed by atoms with van der Waals surface area (Å²) < 4.78 is 39.5. The SMILES string of the molecule is Nn1c(Sc2ccc(C(F)(F)F)cc2[N+](=O)[O-])nnc1-c1ccc(Cl)cc1Cl. The van der Waals surface area contributed by atoms with Gasteiger partial charge in [-0.3, -0.25) is 10.1 Å². The van der Waals surface area contributed by atoms with Gasteiger partial charge in [-0.2, -0.15) is 13.2 Å². The molecule has 0 amide bonds. The predicted molar refractivity (Wildman–Crippen MR) is 97.8 cm³/mol. The molecule has 0 unspecified atom stereocenters. The lowest BCUT2D eigenvalue weighted by molar-refractivity contribution is -0.388. The first-order chi connectivity index (χ1) is 13.1. The highest BCUT2D eigenvalue weighted by Gasteiger charge is 2.33. The van der Waals surface area contributed by atoms with Crippen LogP contribution in [0.2, 0.25) is 10.0 Å². The molecule has 0 fully saturated rings. The van der Waals surface area contributed by atoms with Crippen molar-refractivity contribution in [3.8, 4) is 11.4 Å². The first-order valence-corrected chi connectivity index (χ1v) is 8.84. The van der Waals surface area contributed by atoms with Gasteiger partial charge in [-0.05, 0) is 42.1 Å². The minimum absolute atomic E-state index is 0.0175. The van der Waals surface area contributed by atoms with Crippen molar-refractivity contribution in [1.29, 1.82) is 0 Å². The van der Waals surface area contributed by atoms with Crippen molar-refractivity contribution >= 4 is 40.7 Å². The largest absolute Gasteiger partial charge is 0.416 e. The van der Waals surface area contributed by atoms with Crippen LogP contribution in [0.1, 0.15) is 5.56 Å². The van der Waals surface area contributed by atoms with E-state index in [2.05, 4.69) is 10.2 Å². The smallest absolute Gasteiger partial charge is 0.335 e. The van der Waals surface area contributed by atoms with Crippen LogP contribution in [0.15, 0.2) is 46.5 Å². The Bertz CT molecular complexity index is 1070. The Morgan fingerprint density at radius 3 is 2.46 bits per heavy atom. The van der Waals surface area contributed by atoms with Crippen molar-refractivity contribution in [2.24, 2.45) is 0 Å². The van der Waals surface area contributed by atoms with Crippen LogP contribution in [0.3, 0.4) is 0 Å². The highest BCUT2D eigenvalue weighted by atomic mass is 35.5. The molecular weight excluding hydrogens is 442 g/mol. The minimum Gasteiger partial charge on any atom is -0.335 e. The highest BCUT2D eigenvalue weighted by Crippen LogP contribution is 2.39. The van der Waals surface area contributed by atoms with Gasteiger partial charge >= 0.3 is 6.18 Å². The number of nitrogen functional groups attached to an aromatic ring is 1. The number of halogens is 5. The van der Waals surface area contributed by atoms with Gasteiger partial charge in [-0.15, -0.1) is 10.2 Å². The summed E-state index contributed by atoms with van der Waals surface area (Å²) in [6, 6.07) is 6.77. The Morgan fingerprint density at radius 1 is 1.14 bits per heavy atom. The standard InChI is InChI=1S/C15H8Cl2F3N5O2S/c16-8-2-3-9(10(17)6-8)13-22-23-14(24(13)21)28-12-4-1-7(15(18,19)20)5-11(12)25(26)27/h1-6H,21H2. The van der Waals surface area contributed by atoms with E-state index in [0.29, 0.717) is 28.4 Å². The summed E-state index contributed by atoms with van der Waals surface area (Å²) in [5, 5.41) is 19.6. The second-order valence-electron chi connectivity index (χ2n) is 5.34. The Labute approximate surface area is 169 Å². The van der Waals surface area contributed by atoms with E-state index in [-0.39, 0.29) is 20.9 Å². The third-order valence-electron chi connectivity index (χ3n) is 3.52. The molecule has 13 heteroatoms. The zero-order chi connectivity index (χ0) is 20.6. The third kappa shape index (κ3) is 4.01. The molecule has 2 aromatic carbocycles. The molecule has 0 aliphatic carbocycles. The molecule has 2 N–H and O–H groups in total. The summed E-state index contributed by atoms with van der Waals surface area (Å²) in [6.45, 7) is 0. The van der Waals surface area contributed by atoms with Gasteiger partial charge in [0.15, 0.2) is 5.82 Å². The second kappa shape index (κ2) is 7.49. The average Bonchev–Trinajstić information content (AvgIpc) is 2.95. The van der Waals surface area contributed by atoms with Gasteiger partial charge in [0.1, 0.15) is 0 Å². The molecule has 0 aliphatic heterocycles. The van der Waals surface area contributed by atoms with Crippen molar-refractivity contribution in [2.75, 3.05) is 5.84 Å². The maximum atomic E-state index is 12.8. The second-order valence-corrected chi connectivity index (χ2v) is 7.19. The maximum absolute atomic E-state index is 12.8. The quantitative estimate of drug-likeness (QED) is 0.340. The molecule has 28 heavy (non-hydrogen) atoms. The van der Waals surface area contributed by atoms with Crippen LogP contribution < -0.4 is 5.84 Å². The molecule has 0 saturated carbocycles. The van der Waals surface area contributed by atoms with Crippen LogP contribution in [0.25, 0.3) is 11.4 Å². The fourth-order valence-corrected chi connectivity index (χ4v) is 3.55. The summed E-state index contributed by atoms with van der Waals surface area (Å²) in [5.74, 6) is 6.10. The number of nitrogens with two attached hydrogens (primary N) is 1. The van der Waals surface area contributed by atoms with E-state index in [1.54, 1.807) is 12.1 Å². The Morgan fingerprint density at radius 2 is 1.86 bits per heavy atom. The Hall–Kier alpha value is -2.50. The fraction of sp³-hybridized carbons (Fsp3) is 0.0667. The molecule has 1 aromatic heterocycles. The summed E-state index contributed by atoms with van der Waals surface area (Å²) in [7, 11) is 0. The van der Waals surface area contributed by atoms with Gasteiger partial charge in [0.2, 0.25) is 5.16 Å². The lowest BCUT2D eigenvalue weighted by atomic mass is 10.2. The van der Waals surface area contributed by atoms with E-state index in [9.17, 15) is 23.3 Å². The lowest BCUT2D eigenvalue weighted by Crippen LogP contribution is -2.12. The molecule has 3 rings (SSSR count). The topological polar surface area (TPSA) is 99.9 Å². The van der Waals surface area contributed by atoms with Crippen LogP contribution >= 0.6 is 35.0 Å². The van der Waals surface area contributed by atoms with Gasteiger partial charge in [-0.25, -0.2) is 4.68 Å². The molecule has 0 aliphatic rings. The molecule has 1 heterocycles. The summed E-state index contributed by atoms with van der Waals surface area (Å²) in [6.07, 6.45) is -4.71. The van der Waals surface area contributed by atoms with Gasteiger partial charge in [0, 0.05) is 16.7 Å². The van der Waals surface area contributed by atoms with Gasteiger partial charge in [-0.1, -0.05) is 23.2 Å². The van der Waals surface area contributed by atoms with Gasteiger partial charge in [0.05, 0.1) is 20.4 Å². The molecule has 0 radical (unpaired) electrons. The van der Waals surface area contributed by atoms with Crippen LogP contribution in [0.5, 0.6) is 0 Å². The molecular formula is C15H8Cl2F3N5O2S. The number of nitro groups is 1. The number of rotatable bonds is 4. The van der Waals surface area contributed by atoms with Crippen molar-refractivity contribution in [1.82, 2.24) is 14.9 Å². The van der Waals surface area contributed by atoms with Crippen LogP contribution in [0.4, 0.5) is 18.9 Å². The molecule has 0 bridgehead atoms. The number of hydrogen-bond acceptors (Lipinski definition) is 6. The molecule has 0 saturated heterocycles. The monoisotopic (exact) mass is 449 g/mol. The summed E-state index contributed by atoms with van der Waals surface area (Å²) in [4.78, 5) is 10.2. The zero-order valence-corrected chi connectivity index (χ0v) is 15.8. The zero-order valence-electron chi connectivity index (χ0n) is 13.4. The van der Waals surface area contributed by atoms with Crippen molar-refractivity contribution in [2.45, 2.75) is 16.2 Å². The minimum atomic E-state index is -4.71. The number of aromatic nitrogens is 3. The number of alkyl halides is 3. The average molecular weight is 450 g/mol. The fourth-order valence-electron chi connectivity index (χ4n) is 2.22. The molecule has 0 spiro atoms. The first-order valence-electron chi connectivity index (χ1n) is 7.27. The van der Waals surface area contributed by atoms with E-state index in [4.69, 9.17) is 29.0 Å². The first kappa shape index (κ1) is 20.2. The van der Waals surface area contributed by atoms with E-state index in [1.165, 1.54) is 6.07 Å². The Balaban J connectivity index is 1.99. The van der Waals surface area contributed by atoms with Crippen LogP contribution in [-0.4, -0.2) is 19.8 Å². The molecule has 146 valence electrons. The Kier molecular flexibility index (Phi) is 5.41. The van der Waals surface area contributed by atoms with Crippen LogP contribution in [0, 0.1) is 10.1 Å².